The highest BCUT2D eigenvalue weighted by Crippen LogP contribution is 2.43. The molecule has 198 valence electrons. The van der Waals surface area contributed by atoms with Gasteiger partial charge in [-0.1, -0.05) is 28.9 Å². The van der Waals surface area contributed by atoms with Crippen LogP contribution >= 0.6 is 11.6 Å². The van der Waals surface area contributed by atoms with Crippen LogP contribution in [0.3, 0.4) is 0 Å². The summed E-state index contributed by atoms with van der Waals surface area (Å²) >= 11 is 6.49. The normalized spacial score (nSPS) is 22.1. The third-order valence-electron chi connectivity index (χ3n) is 8.32. The number of imidazole rings is 1. The highest BCUT2D eigenvalue weighted by molar-refractivity contribution is 6.31. The van der Waals surface area contributed by atoms with Crippen LogP contribution in [0.4, 0.5) is 5.69 Å². The molecule has 1 aliphatic carbocycles. The van der Waals surface area contributed by atoms with Gasteiger partial charge in [0.1, 0.15) is 11.6 Å². The van der Waals surface area contributed by atoms with Gasteiger partial charge in [0.15, 0.2) is 0 Å². The second-order valence-electron chi connectivity index (χ2n) is 10.7. The van der Waals surface area contributed by atoms with Crippen molar-refractivity contribution in [3.8, 4) is 11.1 Å². The summed E-state index contributed by atoms with van der Waals surface area (Å²) in [6.45, 7) is 5.87. The number of benzene rings is 2. The van der Waals surface area contributed by atoms with Gasteiger partial charge in [0, 0.05) is 35.8 Å². The van der Waals surface area contributed by atoms with Crippen LogP contribution in [0, 0.1) is 20.8 Å². The maximum absolute atomic E-state index is 13.2. The smallest absolute Gasteiger partial charge is 0.227 e. The first-order chi connectivity index (χ1) is 18.4. The number of nitrogens with zero attached hydrogens (tertiary/aromatic N) is 4. The molecule has 2 aliphatic rings. The summed E-state index contributed by atoms with van der Waals surface area (Å²) in [5, 5.41) is 4.81. The molecule has 0 spiro atoms. The molecule has 1 saturated heterocycles. The van der Waals surface area contributed by atoms with Gasteiger partial charge in [0.2, 0.25) is 5.91 Å². The van der Waals surface area contributed by atoms with Gasteiger partial charge in [0.25, 0.3) is 0 Å². The number of hydrogen-bond donors (Lipinski definition) is 0. The summed E-state index contributed by atoms with van der Waals surface area (Å²) in [7, 11) is 1.80. The van der Waals surface area contributed by atoms with Gasteiger partial charge < -0.3 is 18.7 Å². The Morgan fingerprint density at radius 2 is 1.82 bits per heavy atom. The fourth-order valence-electron chi connectivity index (χ4n) is 6.31. The molecule has 1 saturated carbocycles. The number of carbonyl (C=O) groups is 1. The molecule has 2 aromatic carbocycles. The van der Waals surface area contributed by atoms with Gasteiger partial charge in [-0.05, 0) is 88.3 Å². The van der Waals surface area contributed by atoms with Crippen LogP contribution in [0.1, 0.15) is 73.5 Å². The number of methoxy groups -OCH3 is 1. The Kier molecular flexibility index (Phi) is 6.52. The minimum absolute atomic E-state index is 0.105. The Balaban J connectivity index is 1.49. The predicted octanol–water partition coefficient (Wildman–Crippen LogP) is 7.27. The molecule has 0 bridgehead atoms. The average molecular weight is 533 g/mol. The third kappa shape index (κ3) is 4.22. The minimum atomic E-state index is -0.156. The molecule has 0 radical (unpaired) electrons. The lowest BCUT2D eigenvalue weighted by Gasteiger charge is -2.32. The van der Waals surface area contributed by atoms with E-state index in [0.29, 0.717) is 23.6 Å². The summed E-state index contributed by atoms with van der Waals surface area (Å²) in [4.78, 5) is 20.4. The van der Waals surface area contributed by atoms with Crippen molar-refractivity contribution >= 4 is 34.2 Å². The topological polar surface area (TPSA) is 73.4 Å². The molecule has 38 heavy (non-hydrogen) atoms. The maximum atomic E-state index is 13.2. The maximum Gasteiger partial charge on any atom is 0.227 e. The first-order valence-electron chi connectivity index (χ1n) is 13.4. The van der Waals surface area contributed by atoms with Crippen molar-refractivity contribution in [2.75, 3.05) is 12.0 Å². The summed E-state index contributed by atoms with van der Waals surface area (Å²) in [5.41, 5.74) is 6.75. The summed E-state index contributed by atoms with van der Waals surface area (Å²) in [6.07, 6.45) is 5.56. The molecular weight excluding hydrogens is 500 g/mol. The van der Waals surface area contributed by atoms with Crippen molar-refractivity contribution < 1.29 is 14.1 Å². The molecule has 0 N–H and O–H groups in total. The van der Waals surface area contributed by atoms with Gasteiger partial charge in [-0.15, -0.1) is 0 Å². The van der Waals surface area contributed by atoms with Gasteiger partial charge in [-0.25, -0.2) is 4.98 Å². The van der Waals surface area contributed by atoms with E-state index in [1.54, 1.807) is 7.11 Å². The van der Waals surface area contributed by atoms with E-state index in [4.69, 9.17) is 25.8 Å². The zero-order chi connectivity index (χ0) is 26.6. The largest absolute Gasteiger partial charge is 0.381 e. The number of anilines is 1. The number of rotatable bonds is 5. The number of halogens is 1. The third-order valence-corrected chi connectivity index (χ3v) is 8.73. The highest BCUT2D eigenvalue weighted by Gasteiger charge is 2.38. The molecule has 2 fully saturated rings. The van der Waals surface area contributed by atoms with Gasteiger partial charge in [-0.2, -0.15) is 0 Å². The monoisotopic (exact) mass is 532 g/mol. The van der Waals surface area contributed by atoms with E-state index in [2.05, 4.69) is 27.9 Å². The second kappa shape index (κ2) is 9.86. The highest BCUT2D eigenvalue weighted by atomic mass is 35.5. The van der Waals surface area contributed by atoms with Crippen molar-refractivity contribution in [2.24, 2.45) is 0 Å². The lowest BCUT2D eigenvalue weighted by Crippen LogP contribution is -2.31. The fraction of sp³-hybridized carbons (Fsp3) is 0.433. The Bertz CT molecular complexity index is 1500. The summed E-state index contributed by atoms with van der Waals surface area (Å²) in [6, 6.07) is 12.4. The van der Waals surface area contributed by atoms with E-state index in [1.165, 1.54) is 0 Å². The lowest BCUT2D eigenvalue weighted by molar-refractivity contribution is -0.117. The van der Waals surface area contributed by atoms with E-state index in [1.807, 2.05) is 43.9 Å². The number of fused-ring (bicyclic) bond motifs is 1. The van der Waals surface area contributed by atoms with Crippen LogP contribution in [0.25, 0.3) is 22.2 Å². The van der Waals surface area contributed by atoms with Crippen LogP contribution < -0.4 is 4.90 Å². The van der Waals surface area contributed by atoms with Crippen molar-refractivity contribution in [3.05, 3.63) is 64.3 Å². The average Bonchev–Trinajstić information content (AvgIpc) is 3.59. The summed E-state index contributed by atoms with van der Waals surface area (Å²) in [5.74, 6) is 1.84. The number of ether oxygens (including phenoxy) is 1. The van der Waals surface area contributed by atoms with Crippen molar-refractivity contribution in [3.63, 3.8) is 0 Å². The SMILES string of the molecule is COC1CCC(n2c([C@@H]3CCC(=O)N3c3ccc(C)c(Cl)c3)nc3cc(-c4c(C)noc4C)ccc32)CC1. The van der Waals surface area contributed by atoms with E-state index < -0.39 is 0 Å². The van der Waals surface area contributed by atoms with Gasteiger partial charge in [0.05, 0.1) is 28.9 Å². The van der Waals surface area contributed by atoms with E-state index in [0.717, 1.165) is 82.8 Å². The number of aromatic nitrogens is 3. The Morgan fingerprint density at radius 3 is 2.50 bits per heavy atom. The zero-order valence-electron chi connectivity index (χ0n) is 22.3. The number of hydrogen-bond acceptors (Lipinski definition) is 5. The molecule has 1 amide bonds. The van der Waals surface area contributed by atoms with E-state index in [9.17, 15) is 4.79 Å². The van der Waals surface area contributed by atoms with Crippen molar-refractivity contribution in [1.82, 2.24) is 14.7 Å². The van der Waals surface area contributed by atoms with Crippen LogP contribution in [0.15, 0.2) is 40.9 Å². The van der Waals surface area contributed by atoms with Crippen LogP contribution in [0.2, 0.25) is 5.02 Å². The molecular formula is C30H33ClN4O3. The predicted molar refractivity (Wildman–Crippen MR) is 149 cm³/mol. The first-order valence-corrected chi connectivity index (χ1v) is 13.8. The molecule has 4 aromatic rings. The Morgan fingerprint density at radius 1 is 1.03 bits per heavy atom. The van der Waals surface area contributed by atoms with Crippen molar-refractivity contribution in [1.29, 1.82) is 0 Å². The Hall–Kier alpha value is -3.16. The molecule has 7 nitrogen and oxygen atoms in total. The molecule has 1 atom stereocenters. The lowest BCUT2D eigenvalue weighted by atomic mass is 9.92. The van der Waals surface area contributed by atoms with Gasteiger partial charge >= 0.3 is 0 Å². The number of aryl methyl sites for hydroxylation is 3. The van der Waals surface area contributed by atoms with Crippen molar-refractivity contribution in [2.45, 2.75) is 77.5 Å². The zero-order valence-corrected chi connectivity index (χ0v) is 23.1. The van der Waals surface area contributed by atoms with Crippen LogP contribution in [0.5, 0.6) is 0 Å². The molecule has 8 heteroatoms. The fourth-order valence-corrected chi connectivity index (χ4v) is 6.48. The standard InChI is InChI=1S/C30H33ClN4O3/c1-17-5-7-22(16-24(17)31)34-27(13-14-28(34)36)30-32-25-15-20(29-18(2)33-38-19(29)3)6-12-26(25)35(30)21-8-10-23(37-4)11-9-21/h5-7,12,15-16,21,23,27H,8-11,13-14H2,1-4H3/t21?,23?,27-/m0/s1. The Labute approximate surface area is 227 Å². The molecule has 1 aliphatic heterocycles. The quantitative estimate of drug-likeness (QED) is 0.270. The van der Waals surface area contributed by atoms with Crippen LogP contribution in [-0.2, 0) is 9.53 Å². The van der Waals surface area contributed by atoms with Crippen LogP contribution in [-0.4, -0.2) is 33.8 Å². The molecule has 3 heterocycles. The van der Waals surface area contributed by atoms with E-state index in [-0.39, 0.29) is 11.9 Å². The second-order valence-corrected chi connectivity index (χ2v) is 11.1. The molecule has 0 unspecified atom stereocenters. The molecule has 2 aromatic heterocycles. The number of amides is 1. The summed E-state index contributed by atoms with van der Waals surface area (Å²) < 4.78 is 13.5. The molecule has 6 rings (SSSR count). The van der Waals surface area contributed by atoms with E-state index >= 15 is 0 Å². The van der Waals surface area contributed by atoms with Gasteiger partial charge in [-0.3, -0.25) is 4.79 Å². The number of carbonyl (C=O) groups excluding carboxylic acids is 1. The first kappa shape index (κ1) is 25.1. The minimum Gasteiger partial charge on any atom is -0.381 e.